The van der Waals surface area contributed by atoms with E-state index in [1.54, 1.807) is 0 Å². The van der Waals surface area contributed by atoms with Gasteiger partial charge in [-0.25, -0.2) is 4.68 Å². The second-order valence-corrected chi connectivity index (χ2v) is 2.89. The van der Waals surface area contributed by atoms with Crippen molar-refractivity contribution in [1.29, 1.82) is 5.26 Å². The van der Waals surface area contributed by atoms with Gasteiger partial charge in [0, 0.05) is 6.54 Å². The number of anilines is 2. The summed E-state index contributed by atoms with van der Waals surface area (Å²) < 4.78 is 1.87. The molecule has 1 aromatic heterocycles. The summed E-state index contributed by atoms with van der Waals surface area (Å²) in [6, 6.07) is 2.05. The predicted molar refractivity (Wildman–Crippen MR) is 45.1 cm³/mol. The Labute approximate surface area is 70.8 Å². The predicted octanol–water partition coefficient (Wildman–Crippen LogP) is 1.61. The second kappa shape index (κ2) is 2.52. The molecule has 0 aliphatic carbocycles. The summed E-state index contributed by atoms with van der Waals surface area (Å²) in [7, 11) is 0. The lowest BCUT2D eigenvalue weighted by Gasteiger charge is -1.98. The Balaban J connectivity index is 2.15. The smallest absolute Gasteiger partial charge is 0.188 e. The Morgan fingerprint density at radius 3 is 3.08 bits per heavy atom. The van der Waals surface area contributed by atoms with Gasteiger partial charge >= 0.3 is 0 Å². The van der Waals surface area contributed by atoms with Crippen molar-refractivity contribution >= 4 is 11.5 Å². The number of aromatic nitrogens is 2. The maximum absolute atomic E-state index is 8.62. The molecule has 0 atom stereocenters. The summed E-state index contributed by atoms with van der Waals surface area (Å²) in [6.07, 6.45) is 2.26. The molecule has 0 bridgehead atoms. The van der Waals surface area contributed by atoms with Crippen molar-refractivity contribution in [3.63, 3.8) is 0 Å². The summed E-state index contributed by atoms with van der Waals surface area (Å²) in [6.45, 7) is 3.05. The summed E-state index contributed by atoms with van der Waals surface area (Å²) in [5.74, 6) is 1.03. The molecule has 4 heteroatoms. The molecule has 1 aliphatic heterocycles. The minimum Gasteiger partial charge on any atom is -0.333 e. The minimum atomic E-state index is 0.529. The Hall–Kier alpha value is -1.50. The maximum atomic E-state index is 8.62. The van der Waals surface area contributed by atoms with E-state index in [1.165, 1.54) is 0 Å². The number of fused-ring (bicyclic) bond motifs is 1. The number of aryl methyl sites for hydroxylation is 1. The molecule has 1 N–H and O–H groups in total. The van der Waals surface area contributed by atoms with Crippen LogP contribution in [-0.2, 0) is 6.54 Å². The molecule has 1 aliphatic rings. The largest absolute Gasteiger partial charge is 0.333 e. The van der Waals surface area contributed by atoms with E-state index in [-0.39, 0.29) is 0 Å². The number of hydrogen-bond acceptors (Lipinski definition) is 3. The molecular formula is C8H10N4. The van der Waals surface area contributed by atoms with Crippen molar-refractivity contribution in [2.24, 2.45) is 0 Å². The lowest BCUT2D eigenvalue weighted by atomic mass is 10.3. The molecule has 2 heterocycles. The topological polar surface area (TPSA) is 63.5 Å². The minimum absolute atomic E-state index is 0.529. The molecule has 1 aromatic rings. The van der Waals surface area contributed by atoms with Gasteiger partial charge in [0.1, 0.15) is 11.8 Å². The van der Waals surface area contributed by atoms with Gasteiger partial charge < -0.3 is 5.32 Å². The summed E-state index contributed by atoms with van der Waals surface area (Å²) in [4.78, 5) is 0. The molecule has 0 aromatic carbocycles. The van der Waals surface area contributed by atoms with Gasteiger partial charge in [0.05, 0.1) is 0 Å². The third-order valence-electron chi connectivity index (χ3n) is 1.96. The molecule has 4 nitrogen and oxygen atoms in total. The molecule has 0 unspecified atom stereocenters. The van der Waals surface area contributed by atoms with E-state index in [0.29, 0.717) is 5.69 Å². The highest BCUT2D eigenvalue weighted by atomic mass is 15.4. The highest BCUT2D eigenvalue weighted by molar-refractivity contribution is 5.90. The molecule has 0 amide bonds. The van der Waals surface area contributed by atoms with Crippen LogP contribution >= 0.6 is 0 Å². The van der Waals surface area contributed by atoms with Crippen LogP contribution in [0.2, 0.25) is 0 Å². The zero-order valence-corrected chi connectivity index (χ0v) is 6.96. The van der Waals surface area contributed by atoms with E-state index in [1.807, 2.05) is 10.8 Å². The van der Waals surface area contributed by atoms with Crippen LogP contribution in [0.1, 0.15) is 25.5 Å². The van der Waals surface area contributed by atoms with Crippen molar-refractivity contribution < 1.29 is 0 Å². The van der Waals surface area contributed by atoms with Crippen molar-refractivity contribution in [2.45, 2.75) is 26.3 Å². The van der Waals surface area contributed by atoms with Gasteiger partial charge in [-0.3, -0.25) is 0 Å². The monoisotopic (exact) mass is 162 g/mol. The number of unbranched alkanes of at least 4 members (excludes halogenated alkanes) is 1. The molecule has 2 rings (SSSR count). The van der Waals surface area contributed by atoms with Crippen LogP contribution < -0.4 is 5.32 Å². The molecule has 0 saturated carbocycles. The van der Waals surface area contributed by atoms with Crippen molar-refractivity contribution in [3.8, 4) is 6.07 Å². The molecule has 0 fully saturated rings. The fraction of sp³-hybridized carbons (Fsp3) is 0.500. The summed E-state index contributed by atoms with van der Waals surface area (Å²) >= 11 is 0. The average molecular weight is 162 g/mol. The zero-order valence-electron chi connectivity index (χ0n) is 6.96. The molecule has 12 heavy (non-hydrogen) atoms. The van der Waals surface area contributed by atoms with Gasteiger partial charge in [-0.05, 0) is 6.42 Å². The highest BCUT2D eigenvalue weighted by Crippen LogP contribution is 2.41. The number of rotatable bonds is 3. The molecule has 0 saturated heterocycles. The third kappa shape index (κ3) is 0.944. The molecular weight excluding hydrogens is 152 g/mol. The van der Waals surface area contributed by atoms with E-state index in [9.17, 15) is 0 Å². The number of nitrogens with zero attached hydrogens (tertiary/aromatic N) is 3. The van der Waals surface area contributed by atoms with Gasteiger partial charge in [-0.2, -0.15) is 10.4 Å². The SMILES string of the molecule is CCCCn1nc(C#N)c2c1N2. The van der Waals surface area contributed by atoms with Gasteiger partial charge in [0.15, 0.2) is 11.5 Å². The number of nitrogens with one attached hydrogen (secondary N) is 1. The number of nitriles is 1. The first kappa shape index (κ1) is 7.17. The van der Waals surface area contributed by atoms with Gasteiger partial charge in [0.25, 0.3) is 0 Å². The molecule has 0 spiro atoms. The highest BCUT2D eigenvalue weighted by Gasteiger charge is 2.28. The van der Waals surface area contributed by atoms with Crippen LogP contribution in [0.25, 0.3) is 0 Å². The Morgan fingerprint density at radius 1 is 1.67 bits per heavy atom. The summed E-state index contributed by atoms with van der Waals surface area (Å²) in [5, 5.41) is 15.8. The van der Waals surface area contributed by atoms with Crippen LogP contribution in [0.15, 0.2) is 0 Å². The van der Waals surface area contributed by atoms with Crippen LogP contribution in [0.5, 0.6) is 0 Å². The van der Waals surface area contributed by atoms with Crippen molar-refractivity contribution in [2.75, 3.05) is 5.32 Å². The van der Waals surface area contributed by atoms with Gasteiger partial charge in [0.2, 0.25) is 0 Å². The van der Waals surface area contributed by atoms with Crippen molar-refractivity contribution in [3.05, 3.63) is 5.69 Å². The molecule has 62 valence electrons. The second-order valence-electron chi connectivity index (χ2n) is 2.89. The average Bonchev–Trinajstić information content (AvgIpc) is 2.80. The van der Waals surface area contributed by atoms with E-state index >= 15 is 0 Å². The van der Waals surface area contributed by atoms with Crippen LogP contribution in [0.3, 0.4) is 0 Å². The first-order chi connectivity index (χ1) is 5.86. The van der Waals surface area contributed by atoms with E-state index in [4.69, 9.17) is 5.26 Å². The Kier molecular flexibility index (Phi) is 1.51. The fourth-order valence-corrected chi connectivity index (χ4v) is 1.22. The quantitative estimate of drug-likeness (QED) is 0.697. The fourth-order valence-electron chi connectivity index (χ4n) is 1.22. The normalized spacial score (nSPS) is 11.7. The lowest BCUT2D eigenvalue weighted by molar-refractivity contribution is 0.578. The van der Waals surface area contributed by atoms with E-state index < -0.39 is 0 Å². The van der Waals surface area contributed by atoms with E-state index in [2.05, 4.69) is 17.3 Å². The maximum Gasteiger partial charge on any atom is 0.188 e. The number of hydrogen-bond donors (Lipinski definition) is 1. The lowest BCUT2D eigenvalue weighted by Crippen LogP contribution is -2.01. The van der Waals surface area contributed by atoms with Gasteiger partial charge in [-0.1, -0.05) is 13.3 Å². The van der Waals surface area contributed by atoms with E-state index in [0.717, 1.165) is 30.9 Å². The zero-order chi connectivity index (χ0) is 8.55. The first-order valence-electron chi connectivity index (χ1n) is 4.14. The standard InChI is InChI=1S/C8H10N4/c1-2-3-4-12-8-7(10-8)6(5-9)11-12/h10H,2-4H2,1H3. The Morgan fingerprint density at radius 2 is 2.50 bits per heavy atom. The van der Waals surface area contributed by atoms with Gasteiger partial charge in [-0.15, -0.1) is 0 Å². The Bertz CT molecular complexity index is 345. The van der Waals surface area contributed by atoms with Crippen LogP contribution in [0.4, 0.5) is 11.5 Å². The third-order valence-corrected chi connectivity index (χ3v) is 1.96. The molecule has 0 radical (unpaired) electrons. The van der Waals surface area contributed by atoms with Crippen molar-refractivity contribution in [1.82, 2.24) is 9.78 Å². The van der Waals surface area contributed by atoms with Crippen LogP contribution in [0, 0.1) is 11.3 Å². The summed E-state index contributed by atoms with van der Waals surface area (Å²) in [5.41, 5.74) is 1.45. The van der Waals surface area contributed by atoms with Crippen LogP contribution in [-0.4, -0.2) is 9.78 Å². The first-order valence-corrected chi connectivity index (χ1v) is 4.14.